The summed E-state index contributed by atoms with van der Waals surface area (Å²) in [5.74, 6) is 0.0287. The van der Waals surface area contributed by atoms with E-state index >= 15 is 0 Å². The number of hydrogen-bond acceptors (Lipinski definition) is 9. The van der Waals surface area contributed by atoms with Gasteiger partial charge in [0.2, 0.25) is 5.13 Å². The quantitative estimate of drug-likeness (QED) is 0.0732. The number of aryl methyl sites for hydroxylation is 1. The van der Waals surface area contributed by atoms with Crippen LogP contribution in [-0.4, -0.2) is 40.7 Å². The van der Waals surface area contributed by atoms with E-state index in [-0.39, 0.29) is 16.5 Å². The monoisotopic (exact) mass is 587 g/mol. The fraction of sp³-hybridized carbons (Fsp3) is 0.226. The van der Waals surface area contributed by atoms with Crippen molar-refractivity contribution in [1.82, 2.24) is 10.2 Å². The number of carbonyl (C=O) groups is 2. The van der Waals surface area contributed by atoms with Crippen molar-refractivity contribution in [2.24, 2.45) is 0 Å². The highest BCUT2D eigenvalue weighted by Crippen LogP contribution is 2.44. The Morgan fingerprint density at radius 2 is 1.78 bits per heavy atom. The molecular weight excluding hydrogens is 558 g/mol. The van der Waals surface area contributed by atoms with E-state index in [1.54, 1.807) is 49.6 Å². The van der Waals surface area contributed by atoms with Gasteiger partial charge in [-0.2, -0.15) is 0 Å². The van der Waals surface area contributed by atoms with Gasteiger partial charge in [0.25, 0.3) is 5.78 Å². The zero-order valence-corrected chi connectivity index (χ0v) is 24.5. The van der Waals surface area contributed by atoms with E-state index in [4.69, 9.17) is 9.47 Å². The molecule has 0 saturated carbocycles. The van der Waals surface area contributed by atoms with E-state index in [1.807, 2.05) is 19.9 Å². The van der Waals surface area contributed by atoms with E-state index in [0.717, 1.165) is 12.0 Å². The zero-order chi connectivity index (χ0) is 28.9. The van der Waals surface area contributed by atoms with Crippen molar-refractivity contribution in [1.29, 1.82) is 0 Å². The first kappa shape index (κ1) is 28.4. The predicted molar refractivity (Wildman–Crippen MR) is 161 cm³/mol. The molecule has 0 bridgehead atoms. The number of rotatable bonds is 10. The summed E-state index contributed by atoms with van der Waals surface area (Å²) in [5, 5.41) is 20.3. The van der Waals surface area contributed by atoms with Crippen LogP contribution >= 0.6 is 23.1 Å². The van der Waals surface area contributed by atoms with Crippen molar-refractivity contribution in [3.05, 3.63) is 101 Å². The summed E-state index contributed by atoms with van der Waals surface area (Å²) in [6, 6.07) is 21.2. The molecule has 3 aromatic carbocycles. The maximum absolute atomic E-state index is 13.5. The molecule has 1 aliphatic heterocycles. The van der Waals surface area contributed by atoms with E-state index in [1.165, 1.54) is 33.6 Å². The lowest BCUT2D eigenvalue weighted by atomic mass is 9.95. The first-order chi connectivity index (χ1) is 19.9. The van der Waals surface area contributed by atoms with Gasteiger partial charge in [-0.1, -0.05) is 72.0 Å². The number of hydrogen-bond donors (Lipinski definition) is 1. The first-order valence-corrected chi connectivity index (χ1v) is 14.9. The van der Waals surface area contributed by atoms with Crippen LogP contribution < -0.4 is 14.4 Å². The highest BCUT2D eigenvalue weighted by molar-refractivity contribution is 8.00. The molecule has 0 spiro atoms. The maximum Gasteiger partial charge on any atom is 0.301 e. The molecule has 2 heterocycles. The Morgan fingerprint density at radius 3 is 2.49 bits per heavy atom. The molecule has 41 heavy (non-hydrogen) atoms. The molecule has 0 radical (unpaired) electrons. The summed E-state index contributed by atoms with van der Waals surface area (Å²) in [5.41, 5.74) is 3.29. The Labute approximate surface area is 246 Å². The summed E-state index contributed by atoms with van der Waals surface area (Å²) in [6.07, 6.45) is 0.827. The summed E-state index contributed by atoms with van der Waals surface area (Å²) in [4.78, 5) is 28.3. The molecule has 1 aliphatic rings. The molecule has 4 aromatic rings. The van der Waals surface area contributed by atoms with E-state index < -0.39 is 17.7 Å². The lowest BCUT2D eigenvalue weighted by Crippen LogP contribution is -2.29. The van der Waals surface area contributed by atoms with Gasteiger partial charge in [-0.25, -0.2) is 0 Å². The van der Waals surface area contributed by atoms with E-state index in [2.05, 4.69) is 34.5 Å². The second kappa shape index (κ2) is 12.6. The maximum atomic E-state index is 13.5. The number of carbonyl (C=O) groups excluding carboxylic acids is 2. The molecule has 0 aliphatic carbocycles. The van der Waals surface area contributed by atoms with Crippen LogP contribution in [0.15, 0.2) is 82.7 Å². The number of aliphatic hydroxyl groups excluding tert-OH is 1. The molecule has 1 amide bonds. The third kappa shape index (κ3) is 6.13. The van der Waals surface area contributed by atoms with E-state index in [0.29, 0.717) is 39.3 Å². The van der Waals surface area contributed by atoms with Crippen LogP contribution in [0.3, 0.4) is 0 Å². The highest BCUT2D eigenvalue weighted by Gasteiger charge is 2.48. The van der Waals surface area contributed by atoms with Crippen molar-refractivity contribution in [2.75, 3.05) is 18.6 Å². The summed E-state index contributed by atoms with van der Waals surface area (Å²) in [6.45, 7) is 4.57. The van der Waals surface area contributed by atoms with Gasteiger partial charge in [0, 0.05) is 11.3 Å². The van der Waals surface area contributed by atoms with Crippen molar-refractivity contribution in [3.8, 4) is 11.5 Å². The highest BCUT2D eigenvalue weighted by atomic mass is 32.2. The second-order valence-corrected chi connectivity index (χ2v) is 11.6. The Balaban J connectivity index is 1.54. The number of nitrogens with zero attached hydrogens (tertiary/aromatic N) is 3. The van der Waals surface area contributed by atoms with Crippen LogP contribution in [0.1, 0.15) is 41.6 Å². The van der Waals surface area contributed by atoms with Crippen molar-refractivity contribution in [3.63, 3.8) is 0 Å². The number of aliphatic hydroxyl groups is 1. The minimum absolute atomic E-state index is 0.0307. The van der Waals surface area contributed by atoms with Gasteiger partial charge in [0.05, 0.1) is 25.3 Å². The van der Waals surface area contributed by atoms with Crippen LogP contribution in [0.4, 0.5) is 5.13 Å². The van der Waals surface area contributed by atoms with Gasteiger partial charge in [-0.05, 0) is 60.9 Å². The summed E-state index contributed by atoms with van der Waals surface area (Å²) in [7, 11) is 1.55. The van der Waals surface area contributed by atoms with Crippen LogP contribution in [0.2, 0.25) is 0 Å². The molecule has 1 fully saturated rings. The number of benzene rings is 3. The Kier molecular flexibility index (Phi) is 8.70. The number of amides is 1. The molecule has 1 atom stereocenters. The zero-order valence-electron chi connectivity index (χ0n) is 22.9. The standard InChI is InChI=1S/C31H29N3O5S2/c1-4-16-39-24-7-5-6-22(17-24)26-25(27(35)21-12-14-23(38-3)15-13-21)28(36)29(37)34(26)30-32-33-31(41-30)40-18-20-10-8-19(2)9-11-20/h5-15,17,26,35H,4,16,18H2,1-3H3. The largest absolute Gasteiger partial charge is 0.507 e. The smallest absolute Gasteiger partial charge is 0.301 e. The third-order valence-electron chi connectivity index (χ3n) is 6.54. The first-order valence-electron chi connectivity index (χ1n) is 13.1. The summed E-state index contributed by atoms with van der Waals surface area (Å²) < 4.78 is 11.7. The number of aromatic nitrogens is 2. The predicted octanol–water partition coefficient (Wildman–Crippen LogP) is 6.56. The van der Waals surface area contributed by atoms with Gasteiger partial charge in [0.15, 0.2) is 4.34 Å². The number of methoxy groups -OCH3 is 1. The summed E-state index contributed by atoms with van der Waals surface area (Å²) >= 11 is 2.74. The number of anilines is 1. The van der Waals surface area contributed by atoms with Crippen LogP contribution in [0.5, 0.6) is 11.5 Å². The Bertz CT molecular complexity index is 1580. The molecule has 210 valence electrons. The number of Topliss-reactive ketones (excluding diaryl/α,β-unsaturated/α-hetero) is 1. The van der Waals surface area contributed by atoms with Crippen LogP contribution in [0, 0.1) is 6.92 Å². The average Bonchev–Trinajstić information content (AvgIpc) is 3.57. The molecule has 1 N–H and O–H groups in total. The minimum atomic E-state index is -0.926. The lowest BCUT2D eigenvalue weighted by Gasteiger charge is -2.23. The Morgan fingerprint density at radius 1 is 1.02 bits per heavy atom. The average molecular weight is 588 g/mol. The van der Waals surface area contributed by atoms with Gasteiger partial charge < -0.3 is 14.6 Å². The molecule has 8 nitrogen and oxygen atoms in total. The number of ketones is 1. The molecular formula is C31H29N3O5S2. The van der Waals surface area contributed by atoms with Crippen LogP contribution in [-0.2, 0) is 15.3 Å². The molecule has 1 saturated heterocycles. The molecule has 1 unspecified atom stereocenters. The number of ether oxygens (including phenoxy) is 2. The van der Waals surface area contributed by atoms with Crippen molar-refractivity contribution in [2.45, 2.75) is 36.4 Å². The van der Waals surface area contributed by atoms with Crippen LogP contribution in [0.25, 0.3) is 5.76 Å². The van der Waals surface area contributed by atoms with Gasteiger partial charge in [-0.3, -0.25) is 14.5 Å². The topological polar surface area (TPSA) is 102 Å². The second-order valence-electron chi connectivity index (χ2n) is 9.44. The van der Waals surface area contributed by atoms with Gasteiger partial charge in [-0.15, -0.1) is 10.2 Å². The van der Waals surface area contributed by atoms with E-state index in [9.17, 15) is 14.7 Å². The van der Waals surface area contributed by atoms with Crippen molar-refractivity contribution < 1.29 is 24.2 Å². The minimum Gasteiger partial charge on any atom is -0.507 e. The fourth-order valence-corrected chi connectivity index (χ4v) is 6.25. The molecule has 5 rings (SSSR count). The Hall–Kier alpha value is -4.15. The fourth-order valence-electron chi connectivity index (χ4n) is 4.43. The molecule has 1 aromatic heterocycles. The van der Waals surface area contributed by atoms with Gasteiger partial charge >= 0.3 is 5.91 Å². The SMILES string of the molecule is CCCOc1cccc(C2C(=C(O)c3ccc(OC)cc3)C(=O)C(=O)N2c2nnc(SCc3ccc(C)cc3)s2)c1. The molecule has 10 heteroatoms. The normalized spacial score (nSPS) is 16.3. The van der Waals surface area contributed by atoms with Gasteiger partial charge in [0.1, 0.15) is 17.3 Å². The third-order valence-corrected chi connectivity index (χ3v) is 8.67. The number of thioether (sulfide) groups is 1. The van der Waals surface area contributed by atoms with Crippen molar-refractivity contribution >= 4 is 45.7 Å². The lowest BCUT2D eigenvalue weighted by molar-refractivity contribution is -0.132.